The maximum atomic E-state index is 5.97. The van der Waals surface area contributed by atoms with Crippen molar-refractivity contribution in [1.29, 1.82) is 0 Å². The van der Waals surface area contributed by atoms with Gasteiger partial charge in [-0.05, 0) is 30.7 Å². The molecule has 1 saturated heterocycles. The van der Waals surface area contributed by atoms with Crippen LogP contribution in [-0.4, -0.2) is 25.8 Å². The van der Waals surface area contributed by atoms with Crippen LogP contribution in [-0.2, 0) is 11.3 Å². The molecule has 1 fully saturated rings. The number of anilines is 1. The second-order valence-corrected chi connectivity index (χ2v) is 4.53. The van der Waals surface area contributed by atoms with Gasteiger partial charge in [0.05, 0.1) is 13.2 Å². The predicted molar refractivity (Wildman–Crippen MR) is 67.0 cm³/mol. The molecule has 1 heterocycles. The van der Waals surface area contributed by atoms with Gasteiger partial charge in [0.15, 0.2) is 0 Å². The fourth-order valence-electron chi connectivity index (χ4n) is 2.08. The predicted octanol–water partition coefficient (Wildman–Crippen LogP) is 2.02. The van der Waals surface area contributed by atoms with Crippen molar-refractivity contribution in [3.63, 3.8) is 0 Å². The average molecular weight is 241 g/mol. The van der Waals surface area contributed by atoms with Gasteiger partial charge in [-0.15, -0.1) is 0 Å². The summed E-state index contributed by atoms with van der Waals surface area (Å²) in [7, 11) is 0. The van der Waals surface area contributed by atoms with Crippen molar-refractivity contribution in [3.8, 4) is 0 Å². The van der Waals surface area contributed by atoms with E-state index in [9.17, 15) is 0 Å². The van der Waals surface area contributed by atoms with Gasteiger partial charge in [0, 0.05) is 29.8 Å². The summed E-state index contributed by atoms with van der Waals surface area (Å²) in [6.07, 6.45) is 0. The minimum atomic E-state index is 0.389. The Labute approximate surface area is 101 Å². The van der Waals surface area contributed by atoms with E-state index in [0.29, 0.717) is 12.6 Å². The normalized spacial score (nSPS) is 21.2. The highest BCUT2D eigenvalue weighted by Crippen LogP contribution is 2.26. The van der Waals surface area contributed by atoms with E-state index in [1.165, 1.54) is 5.69 Å². The van der Waals surface area contributed by atoms with Crippen LogP contribution in [0.25, 0.3) is 0 Å². The highest BCUT2D eigenvalue weighted by atomic mass is 35.5. The van der Waals surface area contributed by atoms with E-state index in [1.54, 1.807) is 0 Å². The largest absolute Gasteiger partial charge is 0.377 e. The zero-order chi connectivity index (χ0) is 11.5. The molecule has 1 unspecified atom stereocenters. The first-order chi connectivity index (χ1) is 7.72. The Hall–Kier alpha value is -0.770. The van der Waals surface area contributed by atoms with Crippen LogP contribution < -0.4 is 10.6 Å². The summed E-state index contributed by atoms with van der Waals surface area (Å²) >= 11 is 5.97. The van der Waals surface area contributed by atoms with E-state index in [4.69, 9.17) is 22.1 Å². The lowest BCUT2D eigenvalue weighted by molar-refractivity contribution is 0.0988. The lowest BCUT2D eigenvalue weighted by Crippen LogP contribution is -2.44. The first-order valence-electron chi connectivity index (χ1n) is 5.55. The van der Waals surface area contributed by atoms with E-state index in [2.05, 4.69) is 11.8 Å². The maximum Gasteiger partial charge on any atom is 0.0668 e. The molecular weight excluding hydrogens is 224 g/mol. The van der Waals surface area contributed by atoms with Crippen molar-refractivity contribution in [3.05, 3.63) is 28.8 Å². The molecule has 0 bridgehead atoms. The maximum absolute atomic E-state index is 5.97. The second-order valence-electron chi connectivity index (χ2n) is 4.09. The van der Waals surface area contributed by atoms with Crippen LogP contribution in [0.4, 0.5) is 5.69 Å². The van der Waals surface area contributed by atoms with Gasteiger partial charge in [0.2, 0.25) is 0 Å². The van der Waals surface area contributed by atoms with Crippen molar-refractivity contribution < 1.29 is 4.74 Å². The van der Waals surface area contributed by atoms with Crippen LogP contribution in [0, 0.1) is 0 Å². The highest BCUT2D eigenvalue weighted by molar-refractivity contribution is 6.30. The lowest BCUT2D eigenvalue weighted by Gasteiger charge is -2.36. The van der Waals surface area contributed by atoms with Crippen LogP contribution in [0.15, 0.2) is 18.2 Å². The summed E-state index contributed by atoms with van der Waals surface area (Å²) in [6, 6.07) is 6.30. The zero-order valence-electron chi connectivity index (χ0n) is 9.45. The number of rotatable bonds is 2. The number of halogens is 1. The minimum absolute atomic E-state index is 0.389. The Kier molecular flexibility index (Phi) is 3.69. The number of hydrogen-bond acceptors (Lipinski definition) is 3. The molecule has 2 rings (SSSR count). The third-order valence-electron chi connectivity index (χ3n) is 2.94. The summed E-state index contributed by atoms with van der Waals surface area (Å²) in [4.78, 5) is 2.34. The zero-order valence-corrected chi connectivity index (χ0v) is 10.2. The molecule has 1 aromatic rings. The summed E-state index contributed by atoms with van der Waals surface area (Å²) in [6.45, 7) is 5.13. The number of nitrogens with zero attached hydrogens (tertiary/aromatic N) is 1. The molecule has 0 aliphatic carbocycles. The first-order valence-corrected chi connectivity index (χ1v) is 5.93. The molecule has 0 saturated carbocycles. The van der Waals surface area contributed by atoms with E-state index in [0.717, 1.165) is 30.3 Å². The van der Waals surface area contributed by atoms with Crippen molar-refractivity contribution in [2.24, 2.45) is 5.73 Å². The summed E-state index contributed by atoms with van der Waals surface area (Å²) < 4.78 is 5.43. The average Bonchev–Trinajstić information content (AvgIpc) is 2.30. The molecule has 0 amide bonds. The number of morpholine rings is 1. The van der Waals surface area contributed by atoms with Gasteiger partial charge in [0.25, 0.3) is 0 Å². The minimum Gasteiger partial charge on any atom is -0.377 e. The molecule has 0 radical (unpaired) electrons. The molecule has 4 heteroatoms. The van der Waals surface area contributed by atoms with Crippen molar-refractivity contribution in [2.75, 3.05) is 24.7 Å². The fourth-order valence-corrected chi connectivity index (χ4v) is 2.28. The molecule has 1 atom stereocenters. The second kappa shape index (κ2) is 5.04. The lowest BCUT2D eigenvalue weighted by atomic mass is 10.1. The van der Waals surface area contributed by atoms with Gasteiger partial charge in [0.1, 0.15) is 0 Å². The van der Waals surface area contributed by atoms with E-state index in [-0.39, 0.29) is 0 Å². The van der Waals surface area contributed by atoms with Gasteiger partial charge >= 0.3 is 0 Å². The molecular formula is C12H17ClN2O. The van der Waals surface area contributed by atoms with Gasteiger partial charge < -0.3 is 15.4 Å². The van der Waals surface area contributed by atoms with Gasteiger partial charge in [-0.2, -0.15) is 0 Å². The van der Waals surface area contributed by atoms with E-state index >= 15 is 0 Å². The quantitative estimate of drug-likeness (QED) is 0.860. The molecule has 1 aromatic carbocycles. The van der Waals surface area contributed by atoms with Gasteiger partial charge in [-0.3, -0.25) is 0 Å². The molecule has 3 nitrogen and oxygen atoms in total. The fraction of sp³-hybridized carbons (Fsp3) is 0.500. The molecule has 0 spiro atoms. The van der Waals surface area contributed by atoms with Gasteiger partial charge in [-0.1, -0.05) is 11.6 Å². The highest BCUT2D eigenvalue weighted by Gasteiger charge is 2.20. The van der Waals surface area contributed by atoms with Crippen LogP contribution in [0.2, 0.25) is 5.02 Å². The Balaban J connectivity index is 2.30. The molecule has 16 heavy (non-hydrogen) atoms. The van der Waals surface area contributed by atoms with Crippen LogP contribution in [0.3, 0.4) is 0 Å². The molecule has 88 valence electrons. The van der Waals surface area contributed by atoms with Crippen molar-refractivity contribution >= 4 is 17.3 Å². The number of nitrogens with two attached hydrogens (primary N) is 1. The number of benzene rings is 1. The van der Waals surface area contributed by atoms with Gasteiger partial charge in [-0.25, -0.2) is 0 Å². The molecule has 0 aromatic heterocycles. The van der Waals surface area contributed by atoms with Crippen molar-refractivity contribution in [1.82, 2.24) is 0 Å². The Morgan fingerprint density at radius 2 is 2.38 bits per heavy atom. The molecule has 1 aliphatic heterocycles. The summed E-state index contributed by atoms with van der Waals surface area (Å²) in [5.74, 6) is 0. The third-order valence-corrected chi connectivity index (χ3v) is 3.17. The number of ether oxygens (including phenoxy) is 1. The monoisotopic (exact) mass is 240 g/mol. The molecule has 2 N–H and O–H groups in total. The van der Waals surface area contributed by atoms with E-state index in [1.807, 2.05) is 18.2 Å². The SMILES string of the molecule is CC1COCCN1c1ccc(Cl)cc1CN. The van der Waals surface area contributed by atoms with Crippen LogP contribution in [0.5, 0.6) is 0 Å². The van der Waals surface area contributed by atoms with E-state index < -0.39 is 0 Å². The first kappa shape index (κ1) is 11.7. The topological polar surface area (TPSA) is 38.5 Å². The van der Waals surface area contributed by atoms with Crippen LogP contribution in [0.1, 0.15) is 12.5 Å². The summed E-state index contributed by atoms with van der Waals surface area (Å²) in [5, 5.41) is 0.741. The molecule has 1 aliphatic rings. The Morgan fingerprint density at radius 1 is 1.56 bits per heavy atom. The Bertz CT molecular complexity index is 370. The van der Waals surface area contributed by atoms with Crippen molar-refractivity contribution in [2.45, 2.75) is 19.5 Å². The summed E-state index contributed by atoms with van der Waals surface area (Å²) in [5.41, 5.74) is 8.04. The number of hydrogen-bond donors (Lipinski definition) is 1. The standard InChI is InChI=1S/C12H17ClN2O/c1-9-8-16-5-4-15(9)12-3-2-11(13)6-10(12)7-14/h2-3,6,9H,4-5,7-8,14H2,1H3. The van der Waals surface area contributed by atoms with Crippen LogP contribution >= 0.6 is 11.6 Å². The Morgan fingerprint density at radius 3 is 3.06 bits per heavy atom. The smallest absolute Gasteiger partial charge is 0.0668 e. The third kappa shape index (κ3) is 2.32.